The molecule has 0 atom stereocenters. The highest BCUT2D eigenvalue weighted by Crippen LogP contribution is 2.24. The summed E-state index contributed by atoms with van der Waals surface area (Å²) in [5, 5.41) is 5.36. The van der Waals surface area contributed by atoms with E-state index in [0.29, 0.717) is 12.5 Å². The van der Waals surface area contributed by atoms with Gasteiger partial charge in [0.05, 0.1) is 6.54 Å². The Morgan fingerprint density at radius 1 is 1.28 bits per heavy atom. The Kier molecular flexibility index (Phi) is 7.44. The Bertz CT molecular complexity index is 259. The predicted molar refractivity (Wildman–Crippen MR) is 70.1 cm³/mol. The Morgan fingerprint density at radius 3 is 2.56 bits per heavy atom. The third kappa shape index (κ3) is 6.02. The van der Waals surface area contributed by atoms with E-state index < -0.39 is 6.29 Å². The number of ether oxygens (including phenoxy) is 2. The average Bonchev–Trinajstić information content (AvgIpc) is 2.41. The minimum atomic E-state index is -0.405. The summed E-state index contributed by atoms with van der Waals surface area (Å²) in [4.78, 5) is 11.4. The van der Waals surface area contributed by atoms with Gasteiger partial charge in [-0.15, -0.1) is 0 Å². The van der Waals surface area contributed by atoms with Gasteiger partial charge in [-0.3, -0.25) is 0 Å². The van der Waals surface area contributed by atoms with Gasteiger partial charge in [-0.05, 0) is 18.8 Å². The van der Waals surface area contributed by atoms with Crippen LogP contribution >= 0.6 is 0 Å². The Balaban J connectivity index is 2.13. The molecule has 1 saturated carbocycles. The molecule has 0 aromatic rings. The van der Waals surface area contributed by atoms with Gasteiger partial charge in [-0.2, -0.15) is 0 Å². The fraction of sp³-hybridized carbons (Fsp3) is 0.769. The van der Waals surface area contributed by atoms with E-state index in [0.717, 1.165) is 0 Å². The molecular formula is C13H24N2O3. The van der Waals surface area contributed by atoms with Crippen molar-refractivity contribution < 1.29 is 14.3 Å². The van der Waals surface area contributed by atoms with Gasteiger partial charge in [-0.25, -0.2) is 4.79 Å². The summed E-state index contributed by atoms with van der Waals surface area (Å²) in [7, 11) is 3.08. The number of methoxy groups -OCH3 is 2. The second kappa shape index (κ2) is 8.94. The summed E-state index contributed by atoms with van der Waals surface area (Å²) in [6, 6.07) is -0.235. The molecule has 104 valence electrons. The molecule has 0 aliphatic heterocycles. The zero-order chi connectivity index (χ0) is 13.2. The highest BCUT2D eigenvalue weighted by Gasteiger charge is 2.10. The highest BCUT2D eigenvalue weighted by molar-refractivity contribution is 5.74. The molecule has 0 heterocycles. The monoisotopic (exact) mass is 256 g/mol. The smallest absolute Gasteiger partial charge is 0.318 e. The lowest BCUT2D eigenvalue weighted by Crippen LogP contribution is -2.38. The van der Waals surface area contributed by atoms with Crippen molar-refractivity contribution in [1.29, 1.82) is 0 Å². The highest BCUT2D eigenvalue weighted by atomic mass is 16.7. The average molecular weight is 256 g/mol. The molecule has 0 aromatic carbocycles. The first kappa shape index (κ1) is 15.0. The maximum absolute atomic E-state index is 11.4. The van der Waals surface area contributed by atoms with Gasteiger partial charge in [0.2, 0.25) is 0 Å². The molecule has 1 rings (SSSR count). The third-order valence-electron chi connectivity index (χ3n) is 3.19. The maximum atomic E-state index is 11.4. The van der Waals surface area contributed by atoms with Crippen molar-refractivity contribution in [3.63, 3.8) is 0 Å². The van der Waals surface area contributed by atoms with Crippen molar-refractivity contribution in [3.8, 4) is 0 Å². The van der Waals surface area contributed by atoms with E-state index in [9.17, 15) is 4.79 Å². The van der Waals surface area contributed by atoms with Crippen molar-refractivity contribution in [1.82, 2.24) is 10.6 Å². The summed E-state index contributed by atoms with van der Waals surface area (Å²) < 4.78 is 9.93. The van der Waals surface area contributed by atoms with Gasteiger partial charge in [0, 0.05) is 20.4 Å². The van der Waals surface area contributed by atoms with Crippen LogP contribution < -0.4 is 10.6 Å². The molecule has 0 aromatic heterocycles. The lowest BCUT2D eigenvalue weighted by atomic mass is 9.89. The quantitative estimate of drug-likeness (QED) is 0.715. The van der Waals surface area contributed by atoms with E-state index >= 15 is 0 Å². The Labute approximate surface area is 109 Å². The number of carbonyl (C=O) groups is 1. The standard InChI is InChI=1S/C13H24N2O3/c1-17-12(18-2)10-15-13(16)14-9-8-11-6-4-3-5-7-11/h8-9,11-12H,3-7,10H2,1-2H3,(H2,14,15,16)/b9-8+. The first-order chi connectivity index (χ1) is 8.76. The maximum Gasteiger partial charge on any atom is 0.318 e. The summed E-state index contributed by atoms with van der Waals surface area (Å²) in [5.41, 5.74) is 0. The van der Waals surface area contributed by atoms with Gasteiger partial charge >= 0.3 is 6.03 Å². The number of allylic oxidation sites excluding steroid dienone is 1. The normalized spacial score (nSPS) is 17.3. The molecule has 1 fully saturated rings. The van der Waals surface area contributed by atoms with Gasteiger partial charge in [-0.1, -0.05) is 25.3 Å². The lowest BCUT2D eigenvalue weighted by Gasteiger charge is -2.17. The van der Waals surface area contributed by atoms with Crippen LogP contribution in [0.3, 0.4) is 0 Å². The number of urea groups is 1. The molecule has 0 spiro atoms. The van der Waals surface area contributed by atoms with Crippen molar-refractivity contribution in [3.05, 3.63) is 12.3 Å². The molecule has 0 unspecified atom stereocenters. The minimum absolute atomic E-state index is 0.235. The lowest BCUT2D eigenvalue weighted by molar-refractivity contribution is -0.0971. The number of amides is 2. The van der Waals surface area contributed by atoms with Crippen LogP contribution in [0.25, 0.3) is 0 Å². The second-order valence-corrected chi connectivity index (χ2v) is 4.51. The van der Waals surface area contributed by atoms with Crippen molar-refractivity contribution >= 4 is 6.03 Å². The fourth-order valence-corrected chi connectivity index (χ4v) is 2.08. The number of nitrogens with one attached hydrogen (secondary N) is 2. The van der Waals surface area contributed by atoms with Crippen LogP contribution in [0.5, 0.6) is 0 Å². The van der Waals surface area contributed by atoms with E-state index in [1.165, 1.54) is 46.3 Å². The Hall–Kier alpha value is -1.07. The van der Waals surface area contributed by atoms with Crippen LogP contribution in [0.1, 0.15) is 32.1 Å². The first-order valence-corrected chi connectivity index (χ1v) is 6.53. The summed E-state index contributed by atoms with van der Waals surface area (Å²) >= 11 is 0. The molecule has 18 heavy (non-hydrogen) atoms. The summed E-state index contributed by atoms with van der Waals surface area (Å²) in [5.74, 6) is 0.616. The van der Waals surface area contributed by atoms with Crippen molar-refractivity contribution in [2.45, 2.75) is 38.4 Å². The topological polar surface area (TPSA) is 59.6 Å². The van der Waals surface area contributed by atoms with Crippen LogP contribution in [-0.4, -0.2) is 33.1 Å². The third-order valence-corrected chi connectivity index (χ3v) is 3.19. The fourth-order valence-electron chi connectivity index (χ4n) is 2.08. The molecule has 2 N–H and O–H groups in total. The van der Waals surface area contributed by atoms with E-state index in [1.54, 1.807) is 6.20 Å². The van der Waals surface area contributed by atoms with E-state index in [1.807, 2.05) is 0 Å². The zero-order valence-electron chi connectivity index (χ0n) is 11.3. The van der Waals surface area contributed by atoms with Crippen LogP contribution in [-0.2, 0) is 9.47 Å². The zero-order valence-corrected chi connectivity index (χ0v) is 11.3. The second-order valence-electron chi connectivity index (χ2n) is 4.51. The van der Waals surface area contributed by atoms with Gasteiger partial charge in [0.15, 0.2) is 6.29 Å². The Morgan fingerprint density at radius 2 is 1.94 bits per heavy atom. The van der Waals surface area contributed by atoms with Crippen LogP contribution in [0, 0.1) is 5.92 Å². The molecule has 5 nitrogen and oxygen atoms in total. The molecule has 5 heteroatoms. The minimum Gasteiger partial charge on any atom is -0.354 e. The molecule has 0 bridgehead atoms. The molecule has 0 radical (unpaired) electrons. The summed E-state index contributed by atoms with van der Waals surface area (Å²) in [6.07, 6.45) is 9.81. The van der Waals surface area contributed by atoms with Crippen molar-refractivity contribution in [2.75, 3.05) is 20.8 Å². The van der Waals surface area contributed by atoms with Crippen LogP contribution in [0.4, 0.5) is 4.79 Å². The molecular weight excluding hydrogens is 232 g/mol. The first-order valence-electron chi connectivity index (χ1n) is 6.53. The van der Waals surface area contributed by atoms with E-state index in [2.05, 4.69) is 16.7 Å². The number of hydrogen-bond acceptors (Lipinski definition) is 3. The van der Waals surface area contributed by atoms with E-state index in [-0.39, 0.29) is 6.03 Å². The summed E-state index contributed by atoms with van der Waals surface area (Å²) in [6.45, 7) is 0.329. The van der Waals surface area contributed by atoms with Gasteiger partial charge in [0.1, 0.15) is 0 Å². The predicted octanol–water partition coefficient (Wildman–Crippen LogP) is 2.00. The molecule has 2 amide bonds. The van der Waals surface area contributed by atoms with Crippen LogP contribution in [0.15, 0.2) is 12.3 Å². The number of carbonyl (C=O) groups excluding carboxylic acids is 1. The van der Waals surface area contributed by atoms with Crippen molar-refractivity contribution in [2.24, 2.45) is 5.92 Å². The number of rotatable bonds is 6. The van der Waals surface area contributed by atoms with E-state index in [4.69, 9.17) is 9.47 Å². The SMILES string of the molecule is COC(CNC(=O)N/C=C/C1CCCCC1)OC. The molecule has 1 aliphatic carbocycles. The van der Waals surface area contributed by atoms with Gasteiger partial charge in [0.25, 0.3) is 0 Å². The van der Waals surface area contributed by atoms with Gasteiger partial charge < -0.3 is 20.1 Å². The molecule has 0 saturated heterocycles. The number of hydrogen-bond donors (Lipinski definition) is 2. The molecule has 1 aliphatic rings. The van der Waals surface area contributed by atoms with Crippen LogP contribution in [0.2, 0.25) is 0 Å². The largest absolute Gasteiger partial charge is 0.354 e.